The van der Waals surface area contributed by atoms with Crippen LogP contribution in [0.4, 0.5) is 0 Å². The fourth-order valence-electron chi connectivity index (χ4n) is 3.36. The number of H-pyrrole nitrogens is 1. The Hall–Kier alpha value is -1.73. The molecule has 2 fully saturated rings. The molecule has 0 radical (unpaired) electrons. The monoisotopic (exact) mass is 329 g/mol. The summed E-state index contributed by atoms with van der Waals surface area (Å²) in [5.74, 6) is 0.471. The van der Waals surface area contributed by atoms with Gasteiger partial charge in [0.05, 0.1) is 32.0 Å². The largest absolute Gasteiger partial charge is 0.381 e. The molecule has 1 aromatic carbocycles. The van der Waals surface area contributed by atoms with Crippen LogP contribution in [0, 0.1) is 0 Å². The molecule has 0 saturated carbocycles. The van der Waals surface area contributed by atoms with Crippen molar-refractivity contribution in [2.75, 3.05) is 26.4 Å². The maximum Gasteiger partial charge on any atom is 0.173 e. The molecule has 6 heteroatoms. The summed E-state index contributed by atoms with van der Waals surface area (Å²) in [4.78, 5) is 7.62. The van der Waals surface area contributed by atoms with Crippen molar-refractivity contribution in [3.8, 4) is 0 Å². The van der Waals surface area contributed by atoms with Gasteiger partial charge in [0.1, 0.15) is 5.82 Å². The Morgan fingerprint density at radius 1 is 1.25 bits per heavy atom. The first kappa shape index (κ1) is 15.8. The van der Waals surface area contributed by atoms with Gasteiger partial charge in [-0.1, -0.05) is 30.3 Å². The fraction of sp³-hybridized carbons (Fsp3) is 0.500. The minimum absolute atomic E-state index is 0.0102. The smallest absolute Gasteiger partial charge is 0.173 e. The summed E-state index contributed by atoms with van der Waals surface area (Å²) in [6, 6.07) is 10.3. The summed E-state index contributed by atoms with van der Waals surface area (Å²) in [5.41, 5.74) is 1.17. The molecule has 1 spiro atoms. The van der Waals surface area contributed by atoms with Crippen LogP contribution in [0.5, 0.6) is 0 Å². The molecule has 128 valence electrons. The van der Waals surface area contributed by atoms with Crippen LogP contribution in [-0.2, 0) is 14.2 Å². The quantitative estimate of drug-likeness (QED) is 0.878. The van der Waals surface area contributed by atoms with E-state index in [2.05, 4.69) is 27.4 Å². The van der Waals surface area contributed by atoms with E-state index in [0.29, 0.717) is 26.4 Å². The fourth-order valence-corrected chi connectivity index (χ4v) is 3.36. The van der Waals surface area contributed by atoms with Crippen molar-refractivity contribution in [2.24, 2.45) is 0 Å². The molecule has 2 aromatic rings. The van der Waals surface area contributed by atoms with Gasteiger partial charge < -0.3 is 24.5 Å². The second-order valence-electron chi connectivity index (χ2n) is 6.30. The van der Waals surface area contributed by atoms with E-state index in [-0.39, 0.29) is 12.1 Å². The van der Waals surface area contributed by atoms with Gasteiger partial charge in [-0.2, -0.15) is 0 Å². The van der Waals surface area contributed by atoms with Gasteiger partial charge in [0.2, 0.25) is 0 Å². The van der Waals surface area contributed by atoms with E-state index >= 15 is 0 Å². The van der Waals surface area contributed by atoms with Crippen LogP contribution < -0.4 is 5.32 Å². The number of rotatable bonds is 5. The third kappa shape index (κ3) is 3.37. The zero-order chi connectivity index (χ0) is 16.2. The number of aromatic nitrogens is 2. The first-order chi connectivity index (χ1) is 11.8. The zero-order valence-corrected chi connectivity index (χ0v) is 13.6. The number of imidazole rings is 1. The Morgan fingerprint density at radius 3 is 2.83 bits per heavy atom. The third-order valence-electron chi connectivity index (χ3n) is 4.64. The van der Waals surface area contributed by atoms with E-state index in [0.717, 1.165) is 18.7 Å². The Morgan fingerprint density at radius 2 is 2.08 bits per heavy atom. The first-order valence-electron chi connectivity index (χ1n) is 8.52. The van der Waals surface area contributed by atoms with Gasteiger partial charge >= 0.3 is 0 Å². The second-order valence-corrected chi connectivity index (χ2v) is 6.30. The Balaban J connectivity index is 1.41. The van der Waals surface area contributed by atoms with Gasteiger partial charge in [-0.15, -0.1) is 0 Å². The van der Waals surface area contributed by atoms with Gasteiger partial charge in [-0.25, -0.2) is 4.98 Å². The van der Waals surface area contributed by atoms with Crippen LogP contribution in [0.15, 0.2) is 42.7 Å². The van der Waals surface area contributed by atoms with E-state index in [1.807, 2.05) is 24.4 Å². The maximum absolute atomic E-state index is 6.20. The van der Waals surface area contributed by atoms with Gasteiger partial charge in [-0.05, 0) is 5.56 Å². The van der Waals surface area contributed by atoms with Crippen LogP contribution >= 0.6 is 0 Å². The van der Waals surface area contributed by atoms with E-state index < -0.39 is 5.79 Å². The van der Waals surface area contributed by atoms with E-state index in [1.165, 1.54) is 5.56 Å². The van der Waals surface area contributed by atoms with E-state index in [9.17, 15) is 0 Å². The van der Waals surface area contributed by atoms with Crippen molar-refractivity contribution in [2.45, 2.75) is 30.8 Å². The first-order valence-corrected chi connectivity index (χ1v) is 8.52. The van der Waals surface area contributed by atoms with Gasteiger partial charge in [-0.3, -0.25) is 0 Å². The van der Waals surface area contributed by atoms with Gasteiger partial charge in [0.15, 0.2) is 5.79 Å². The van der Waals surface area contributed by atoms with Crippen LogP contribution in [0.2, 0.25) is 0 Å². The van der Waals surface area contributed by atoms with E-state index in [4.69, 9.17) is 14.2 Å². The van der Waals surface area contributed by atoms with Gasteiger partial charge in [0, 0.05) is 31.8 Å². The highest BCUT2D eigenvalue weighted by Crippen LogP contribution is 2.33. The summed E-state index contributed by atoms with van der Waals surface area (Å²) in [6.07, 6.45) is 5.29. The molecule has 3 heterocycles. The van der Waals surface area contributed by atoms with Crippen molar-refractivity contribution >= 4 is 0 Å². The summed E-state index contributed by atoms with van der Waals surface area (Å²) < 4.78 is 17.6. The Kier molecular flexibility index (Phi) is 4.62. The highest BCUT2D eigenvalue weighted by atomic mass is 16.7. The van der Waals surface area contributed by atoms with Crippen molar-refractivity contribution in [3.63, 3.8) is 0 Å². The highest BCUT2D eigenvalue weighted by Gasteiger charge is 2.42. The molecular formula is C18H23N3O3. The molecule has 2 aliphatic rings. The lowest BCUT2D eigenvalue weighted by Gasteiger charge is -2.31. The van der Waals surface area contributed by atoms with Crippen molar-refractivity contribution in [3.05, 3.63) is 54.1 Å². The second kappa shape index (κ2) is 7.03. The molecule has 2 aliphatic heterocycles. The standard InChI is InChI=1S/C18H23N3O3/c1-2-4-14(5-3-1)16(17-19-8-9-20-17)21-12-15-13-23-18(24-15)6-10-22-11-7-18/h1-5,8-9,15-16,21H,6-7,10-13H2,(H,19,20)/t15-,16+/m1/s1. The molecule has 1 aromatic heterocycles. The SMILES string of the molecule is c1ccc([C@H](NC[C@@H]2COC3(CCOCC3)O2)c2ncc[nH]2)cc1. The molecule has 2 saturated heterocycles. The average molecular weight is 329 g/mol. The lowest BCUT2D eigenvalue weighted by atomic mass is 10.1. The summed E-state index contributed by atoms with van der Waals surface area (Å²) in [6.45, 7) is 2.74. The normalized spacial score (nSPS) is 24.2. The minimum Gasteiger partial charge on any atom is -0.381 e. The summed E-state index contributed by atoms with van der Waals surface area (Å²) >= 11 is 0. The number of hydrogen-bond donors (Lipinski definition) is 2. The maximum atomic E-state index is 6.20. The topological polar surface area (TPSA) is 68.4 Å². The molecule has 0 unspecified atom stereocenters. The molecule has 2 atom stereocenters. The minimum atomic E-state index is -0.433. The molecular weight excluding hydrogens is 306 g/mol. The predicted molar refractivity (Wildman–Crippen MR) is 88.5 cm³/mol. The molecule has 0 bridgehead atoms. The zero-order valence-electron chi connectivity index (χ0n) is 13.6. The Labute approximate surface area is 141 Å². The van der Waals surface area contributed by atoms with Gasteiger partial charge in [0.25, 0.3) is 0 Å². The summed E-state index contributed by atoms with van der Waals surface area (Å²) in [7, 11) is 0. The molecule has 4 rings (SSSR count). The lowest BCUT2D eigenvalue weighted by molar-refractivity contribution is -0.210. The predicted octanol–water partition coefficient (Wildman–Crippen LogP) is 2.01. The molecule has 24 heavy (non-hydrogen) atoms. The highest BCUT2D eigenvalue weighted by molar-refractivity contribution is 5.24. The van der Waals surface area contributed by atoms with Crippen LogP contribution in [-0.4, -0.2) is 48.2 Å². The Bertz CT molecular complexity index is 626. The number of aromatic amines is 1. The number of nitrogens with zero attached hydrogens (tertiary/aromatic N) is 1. The van der Waals surface area contributed by atoms with E-state index in [1.54, 1.807) is 6.20 Å². The molecule has 0 amide bonds. The third-order valence-corrected chi connectivity index (χ3v) is 4.64. The van der Waals surface area contributed by atoms with Crippen LogP contribution in [0.25, 0.3) is 0 Å². The lowest BCUT2D eigenvalue weighted by Crippen LogP contribution is -2.39. The number of ether oxygens (including phenoxy) is 3. The van der Waals surface area contributed by atoms with Crippen molar-refractivity contribution in [1.82, 2.24) is 15.3 Å². The number of hydrogen-bond acceptors (Lipinski definition) is 5. The number of benzene rings is 1. The van der Waals surface area contributed by atoms with Crippen molar-refractivity contribution in [1.29, 1.82) is 0 Å². The molecule has 0 aliphatic carbocycles. The van der Waals surface area contributed by atoms with Crippen molar-refractivity contribution < 1.29 is 14.2 Å². The average Bonchev–Trinajstić information content (AvgIpc) is 3.28. The molecule has 2 N–H and O–H groups in total. The number of nitrogens with one attached hydrogen (secondary N) is 2. The van der Waals surface area contributed by atoms with Crippen LogP contribution in [0.3, 0.4) is 0 Å². The van der Waals surface area contributed by atoms with Crippen LogP contribution in [0.1, 0.15) is 30.3 Å². The summed E-state index contributed by atoms with van der Waals surface area (Å²) in [5, 5.41) is 3.57. The molecule has 6 nitrogen and oxygen atoms in total.